The lowest BCUT2D eigenvalue weighted by Crippen LogP contribution is -2.43. The van der Waals surface area contributed by atoms with Crippen LogP contribution >= 0.6 is 0 Å². The molecule has 3 aromatic rings. The van der Waals surface area contributed by atoms with Gasteiger partial charge in [0.1, 0.15) is 12.4 Å². The molecule has 0 saturated carbocycles. The topological polar surface area (TPSA) is 49.8 Å². The number of amides is 1. The third kappa shape index (κ3) is 3.10. The first-order valence-corrected chi connectivity index (χ1v) is 11.3. The monoisotopic (exact) mass is 423 g/mol. The van der Waals surface area contributed by atoms with Gasteiger partial charge in [0.15, 0.2) is 0 Å². The summed E-state index contributed by atoms with van der Waals surface area (Å²) < 4.78 is 5.94. The first-order valence-electron chi connectivity index (χ1n) is 11.3. The Balaban J connectivity index is 1.20. The lowest BCUT2D eigenvalue weighted by atomic mass is 9.95. The molecule has 32 heavy (non-hydrogen) atoms. The lowest BCUT2D eigenvalue weighted by Gasteiger charge is -2.33. The predicted molar refractivity (Wildman–Crippen MR) is 124 cm³/mol. The van der Waals surface area contributed by atoms with Gasteiger partial charge >= 0.3 is 6.09 Å². The second kappa shape index (κ2) is 7.56. The third-order valence-electron chi connectivity index (χ3n) is 7.18. The summed E-state index contributed by atoms with van der Waals surface area (Å²) in [4.78, 5) is 15.1. The van der Waals surface area contributed by atoms with Crippen LogP contribution in [0.4, 0.5) is 4.79 Å². The molecule has 2 aliphatic heterocycles. The SMILES string of the molecule is O=C(OCC1c2ccccc2-c2ccccc21)N1C2C=C(c3ccc(O)cc3)CC1CC2. The van der Waals surface area contributed by atoms with Crippen LogP contribution in [-0.4, -0.2) is 34.8 Å². The Kier molecular flexibility index (Phi) is 4.53. The molecule has 1 amide bonds. The number of hydrogen-bond acceptors (Lipinski definition) is 3. The van der Waals surface area contributed by atoms with Crippen molar-refractivity contribution in [2.24, 2.45) is 0 Å². The van der Waals surface area contributed by atoms with Crippen molar-refractivity contribution in [3.05, 3.63) is 95.6 Å². The van der Waals surface area contributed by atoms with Gasteiger partial charge in [-0.15, -0.1) is 0 Å². The number of ether oxygens (including phenoxy) is 1. The van der Waals surface area contributed by atoms with Crippen LogP contribution in [0.5, 0.6) is 5.75 Å². The van der Waals surface area contributed by atoms with Crippen LogP contribution in [0.1, 0.15) is 41.9 Å². The molecule has 4 heteroatoms. The van der Waals surface area contributed by atoms with Gasteiger partial charge in [-0.3, -0.25) is 4.90 Å². The van der Waals surface area contributed by atoms with Gasteiger partial charge < -0.3 is 9.84 Å². The minimum absolute atomic E-state index is 0.0770. The van der Waals surface area contributed by atoms with Crippen molar-refractivity contribution >= 4 is 11.7 Å². The van der Waals surface area contributed by atoms with E-state index in [0.29, 0.717) is 6.61 Å². The lowest BCUT2D eigenvalue weighted by molar-refractivity contribution is 0.0866. The van der Waals surface area contributed by atoms with Gasteiger partial charge in [0.2, 0.25) is 0 Å². The summed E-state index contributed by atoms with van der Waals surface area (Å²) in [6, 6.07) is 24.4. The second-order valence-corrected chi connectivity index (χ2v) is 8.95. The molecule has 1 saturated heterocycles. The molecule has 0 radical (unpaired) electrons. The minimum atomic E-state index is -0.208. The Bertz CT molecular complexity index is 1170. The number of carbonyl (C=O) groups excluding carboxylic acids is 1. The van der Waals surface area contributed by atoms with Gasteiger partial charge in [0.05, 0.1) is 6.04 Å². The molecular weight excluding hydrogens is 398 g/mol. The highest BCUT2D eigenvalue weighted by molar-refractivity contribution is 5.79. The first kappa shape index (κ1) is 19.2. The number of rotatable bonds is 3. The summed E-state index contributed by atoms with van der Waals surface area (Å²) in [5.74, 6) is 0.352. The maximum Gasteiger partial charge on any atom is 0.410 e. The third-order valence-corrected chi connectivity index (χ3v) is 7.18. The maximum atomic E-state index is 13.2. The van der Waals surface area contributed by atoms with Crippen LogP contribution in [0.25, 0.3) is 16.7 Å². The fraction of sp³-hybridized carbons (Fsp3) is 0.250. The summed E-state index contributed by atoms with van der Waals surface area (Å²) in [5, 5.41) is 9.57. The van der Waals surface area contributed by atoms with Crippen molar-refractivity contribution in [3.63, 3.8) is 0 Å². The van der Waals surface area contributed by atoms with Gasteiger partial charge in [-0.05, 0) is 64.8 Å². The van der Waals surface area contributed by atoms with E-state index in [1.54, 1.807) is 12.1 Å². The van der Waals surface area contributed by atoms with Crippen molar-refractivity contribution < 1.29 is 14.6 Å². The van der Waals surface area contributed by atoms with Crippen molar-refractivity contribution in [1.82, 2.24) is 4.90 Å². The van der Waals surface area contributed by atoms with E-state index in [2.05, 4.69) is 54.6 Å². The Morgan fingerprint density at radius 2 is 1.56 bits per heavy atom. The Morgan fingerprint density at radius 1 is 0.906 bits per heavy atom. The van der Waals surface area contributed by atoms with Crippen LogP contribution in [-0.2, 0) is 4.74 Å². The number of carbonyl (C=O) groups is 1. The maximum absolute atomic E-state index is 13.2. The van der Waals surface area contributed by atoms with E-state index in [9.17, 15) is 9.90 Å². The molecule has 3 aliphatic rings. The minimum Gasteiger partial charge on any atom is -0.508 e. The number of phenols is 1. The van der Waals surface area contributed by atoms with Crippen LogP contribution in [0, 0.1) is 0 Å². The number of phenolic OH excluding ortho intramolecular Hbond substituents is 1. The molecule has 2 heterocycles. The molecule has 4 nitrogen and oxygen atoms in total. The smallest absolute Gasteiger partial charge is 0.410 e. The summed E-state index contributed by atoms with van der Waals surface area (Å²) in [5.41, 5.74) is 7.31. The normalized spacial score (nSPS) is 21.1. The Labute approximate surface area is 187 Å². The molecule has 160 valence electrons. The molecule has 1 fully saturated rings. The van der Waals surface area contributed by atoms with Gasteiger partial charge in [-0.25, -0.2) is 4.79 Å². The molecule has 2 bridgehead atoms. The van der Waals surface area contributed by atoms with Crippen LogP contribution in [0.15, 0.2) is 78.9 Å². The molecule has 1 aliphatic carbocycles. The van der Waals surface area contributed by atoms with Crippen molar-refractivity contribution in [2.45, 2.75) is 37.3 Å². The predicted octanol–water partition coefficient (Wildman–Crippen LogP) is 5.96. The second-order valence-electron chi connectivity index (χ2n) is 8.95. The number of benzene rings is 3. The van der Waals surface area contributed by atoms with E-state index in [1.807, 2.05) is 17.0 Å². The quantitative estimate of drug-likeness (QED) is 0.565. The van der Waals surface area contributed by atoms with Gasteiger partial charge in [0, 0.05) is 12.0 Å². The summed E-state index contributed by atoms with van der Waals surface area (Å²) >= 11 is 0. The van der Waals surface area contributed by atoms with E-state index in [-0.39, 0.29) is 29.8 Å². The zero-order valence-corrected chi connectivity index (χ0v) is 17.8. The van der Waals surface area contributed by atoms with Crippen molar-refractivity contribution in [3.8, 4) is 16.9 Å². The van der Waals surface area contributed by atoms with Crippen LogP contribution in [0.3, 0.4) is 0 Å². The number of aromatic hydroxyl groups is 1. The molecule has 0 spiro atoms. The fourth-order valence-electron chi connectivity index (χ4n) is 5.67. The standard InChI is InChI=1S/C28H25NO3/c30-22-13-9-18(10-14-22)19-15-20-11-12-21(16-19)29(20)28(31)32-17-27-25-7-3-1-5-23(25)24-6-2-4-8-26(24)27/h1-10,13-15,20-21,27,30H,11-12,16-17H2. The van der Waals surface area contributed by atoms with Crippen molar-refractivity contribution in [1.29, 1.82) is 0 Å². The number of nitrogens with zero attached hydrogens (tertiary/aromatic N) is 1. The highest BCUT2D eigenvalue weighted by Gasteiger charge is 2.41. The number of fused-ring (bicyclic) bond motifs is 5. The summed E-state index contributed by atoms with van der Waals surface area (Å²) in [7, 11) is 0. The summed E-state index contributed by atoms with van der Waals surface area (Å²) in [6.45, 7) is 0.358. The number of hydrogen-bond donors (Lipinski definition) is 1. The van der Waals surface area contributed by atoms with E-state index in [0.717, 1.165) is 24.8 Å². The molecule has 6 rings (SSSR count). The highest BCUT2D eigenvalue weighted by Crippen LogP contribution is 2.45. The highest BCUT2D eigenvalue weighted by atomic mass is 16.6. The van der Waals surface area contributed by atoms with Gasteiger partial charge in [-0.2, -0.15) is 0 Å². The first-order chi connectivity index (χ1) is 15.7. The fourth-order valence-corrected chi connectivity index (χ4v) is 5.67. The van der Waals surface area contributed by atoms with Gasteiger partial charge in [-0.1, -0.05) is 66.7 Å². The zero-order valence-electron chi connectivity index (χ0n) is 17.8. The van der Waals surface area contributed by atoms with E-state index in [4.69, 9.17) is 4.74 Å². The molecular formula is C28H25NO3. The van der Waals surface area contributed by atoms with Crippen molar-refractivity contribution in [2.75, 3.05) is 6.61 Å². The Morgan fingerprint density at radius 3 is 2.22 bits per heavy atom. The molecule has 3 aromatic carbocycles. The zero-order chi connectivity index (χ0) is 21.7. The molecule has 0 aromatic heterocycles. The van der Waals surface area contributed by atoms with E-state index >= 15 is 0 Å². The largest absolute Gasteiger partial charge is 0.508 e. The van der Waals surface area contributed by atoms with Crippen LogP contribution < -0.4 is 0 Å². The van der Waals surface area contributed by atoms with Gasteiger partial charge in [0.25, 0.3) is 0 Å². The molecule has 2 unspecified atom stereocenters. The molecule has 2 atom stereocenters. The average Bonchev–Trinajstić information content (AvgIpc) is 3.29. The molecule has 1 N–H and O–H groups in total. The Hall–Kier alpha value is -3.53. The van der Waals surface area contributed by atoms with Crippen LogP contribution in [0.2, 0.25) is 0 Å². The summed E-state index contributed by atoms with van der Waals surface area (Å²) in [6.07, 6.45) is 4.78. The average molecular weight is 424 g/mol. The van der Waals surface area contributed by atoms with E-state index < -0.39 is 0 Å². The van der Waals surface area contributed by atoms with E-state index in [1.165, 1.54) is 27.8 Å².